The number of ether oxygens (including phenoxy) is 1. The molecule has 0 fully saturated rings. The van der Waals surface area contributed by atoms with Crippen molar-refractivity contribution in [3.63, 3.8) is 0 Å². The normalized spacial score (nSPS) is 11.4. The number of amidine groups is 1. The van der Waals surface area contributed by atoms with Crippen molar-refractivity contribution in [2.24, 2.45) is 10.9 Å². The molecule has 0 aliphatic rings. The van der Waals surface area contributed by atoms with Gasteiger partial charge in [-0.05, 0) is 42.8 Å². The van der Waals surface area contributed by atoms with E-state index < -0.39 is 0 Å². The molecule has 4 nitrogen and oxygen atoms in total. The number of aryl methyl sites for hydroxylation is 1. The predicted molar refractivity (Wildman–Crippen MR) is 75.2 cm³/mol. The molecular weight excluding hydrogens is 264 g/mol. The number of halogens is 1. The molecule has 0 amide bonds. The topological polar surface area (TPSA) is 67.8 Å². The van der Waals surface area contributed by atoms with Crippen LogP contribution < -0.4 is 10.5 Å². The Morgan fingerprint density at radius 2 is 1.89 bits per heavy atom. The van der Waals surface area contributed by atoms with Crippen molar-refractivity contribution in [3.8, 4) is 11.5 Å². The second kappa shape index (κ2) is 5.63. The van der Waals surface area contributed by atoms with E-state index in [9.17, 15) is 0 Å². The Morgan fingerprint density at radius 3 is 2.53 bits per heavy atom. The Labute approximate surface area is 116 Å². The highest BCUT2D eigenvalue weighted by Gasteiger charge is 2.11. The molecule has 2 rings (SSSR count). The fraction of sp³-hybridized carbons (Fsp3) is 0.0714. The zero-order valence-electron chi connectivity index (χ0n) is 10.3. The van der Waals surface area contributed by atoms with E-state index in [0.717, 1.165) is 5.56 Å². The molecule has 19 heavy (non-hydrogen) atoms. The number of nitrogens with zero attached hydrogens (tertiary/aromatic N) is 1. The molecule has 2 aromatic rings. The fourth-order valence-corrected chi connectivity index (χ4v) is 1.79. The Balaban J connectivity index is 2.41. The molecule has 0 bridgehead atoms. The van der Waals surface area contributed by atoms with Gasteiger partial charge in [0.05, 0.1) is 5.56 Å². The van der Waals surface area contributed by atoms with Crippen LogP contribution in [0.25, 0.3) is 0 Å². The number of benzene rings is 2. The van der Waals surface area contributed by atoms with Crippen molar-refractivity contribution in [3.05, 3.63) is 58.6 Å². The lowest BCUT2D eigenvalue weighted by Gasteiger charge is -2.13. The predicted octanol–water partition coefficient (Wildman–Crippen LogP) is 3.54. The molecule has 0 aliphatic heterocycles. The number of rotatable bonds is 3. The monoisotopic (exact) mass is 276 g/mol. The van der Waals surface area contributed by atoms with Crippen molar-refractivity contribution >= 4 is 17.4 Å². The van der Waals surface area contributed by atoms with Gasteiger partial charge in [-0.1, -0.05) is 28.9 Å². The zero-order chi connectivity index (χ0) is 13.8. The van der Waals surface area contributed by atoms with Gasteiger partial charge in [0, 0.05) is 5.02 Å². The summed E-state index contributed by atoms with van der Waals surface area (Å²) in [5, 5.41) is 12.4. The van der Waals surface area contributed by atoms with Crippen LogP contribution in [0.3, 0.4) is 0 Å². The molecule has 0 aliphatic carbocycles. The summed E-state index contributed by atoms with van der Waals surface area (Å²) in [5.74, 6) is 1.19. The van der Waals surface area contributed by atoms with Gasteiger partial charge in [0.15, 0.2) is 5.84 Å². The summed E-state index contributed by atoms with van der Waals surface area (Å²) in [5.41, 5.74) is 7.07. The smallest absolute Gasteiger partial charge is 0.173 e. The van der Waals surface area contributed by atoms with Gasteiger partial charge in [-0.3, -0.25) is 0 Å². The van der Waals surface area contributed by atoms with Gasteiger partial charge in [0.1, 0.15) is 11.5 Å². The largest absolute Gasteiger partial charge is 0.456 e. The number of para-hydroxylation sites is 1. The first-order valence-corrected chi connectivity index (χ1v) is 6.00. The lowest BCUT2D eigenvalue weighted by molar-refractivity contribution is 0.318. The molecule has 2 aromatic carbocycles. The summed E-state index contributed by atoms with van der Waals surface area (Å²) in [4.78, 5) is 0. The molecular formula is C14H13ClN2O2. The van der Waals surface area contributed by atoms with Crippen LogP contribution in [0.1, 0.15) is 11.1 Å². The molecule has 0 heterocycles. The van der Waals surface area contributed by atoms with Crippen LogP contribution in [-0.2, 0) is 0 Å². The van der Waals surface area contributed by atoms with Gasteiger partial charge in [-0.25, -0.2) is 0 Å². The number of hydrogen-bond acceptors (Lipinski definition) is 3. The molecule has 0 saturated heterocycles. The van der Waals surface area contributed by atoms with Crippen molar-refractivity contribution in [1.82, 2.24) is 0 Å². The second-order valence-electron chi connectivity index (χ2n) is 3.99. The first-order chi connectivity index (χ1) is 9.11. The minimum absolute atomic E-state index is 0.00710. The van der Waals surface area contributed by atoms with E-state index in [-0.39, 0.29) is 5.84 Å². The maximum atomic E-state index is 8.80. The molecule has 98 valence electrons. The SMILES string of the molecule is Cc1cccc(/C(N)=N/O)c1Oc1ccc(Cl)cc1. The van der Waals surface area contributed by atoms with Crippen LogP contribution in [0, 0.1) is 6.92 Å². The van der Waals surface area contributed by atoms with E-state index in [0.29, 0.717) is 22.1 Å². The summed E-state index contributed by atoms with van der Waals surface area (Å²) in [6.07, 6.45) is 0. The Hall–Kier alpha value is -2.20. The molecule has 0 spiro atoms. The molecule has 0 radical (unpaired) electrons. The summed E-state index contributed by atoms with van der Waals surface area (Å²) in [6.45, 7) is 1.89. The highest BCUT2D eigenvalue weighted by molar-refractivity contribution is 6.30. The first kappa shape index (κ1) is 13.2. The van der Waals surface area contributed by atoms with E-state index in [1.54, 1.807) is 30.3 Å². The lowest BCUT2D eigenvalue weighted by atomic mass is 10.1. The van der Waals surface area contributed by atoms with Gasteiger partial charge < -0.3 is 15.7 Å². The number of oxime groups is 1. The fourth-order valence-electron chi connectivity index (χ4n) is 1.66. The number of nitrogens with two attached hydrogens (primary N) is 1. The molecule has 0 saturated carbocycles. The molecule has 5 heteroatoms. The molecule has 3 N–H and O–H groups in total. The van der Waals surface area contributed by atoms with Crippen molar-refractivity contribution < 1.29 is 9.94 Å². The van der Waals surface area contributed by atoms with Gasteiger partial charge in [0.25, 0.3) is 0 Å². The third kappa shape index (κ3) is 2.98. The third-order valence-electron chi connectivity index (χ3n) is 2.63. The van der Waals surface area contributed by atoms with Gasteiger partial charge in [-0.2, -0.15) is 0 Å². The van der Waals surface area contributed by atoms with Crippen LogP contribution in [-0.4, -0.2) is 11.0 Å². The Kier molecular flexibility index (Phi) is 3.92. The van der Waals surface area contributed by atoms with E-state index in [4.69, 9.17) is 27.3 Å². The third-order valence-corrected chi connectivity index (χ3v) is 2.88. The number of hydrogen-bond donors (Lipinski definition) is 2. The van der Waals surface area contributed by atoms with E-state index in [1.807, 2.05) is 19.1 Å². The maximum absolute atomic E-state index is 8.80. The van der Waals surface area contributed by atoms with Crippen LogP contribution in [0.2, 0.25) is 5.02 Å². The minimum Gasteiger partial charge on any atom is -0.456 e. The van der Waals surface area contributed by atoms with Crippen LogP contribution >= 0.6 is 11.6 Å². The summed E-state index contributed by atoms with van der Waals surface area (Å²) in [7, 11) is 0. The van der Waals surface area contributed by atoms with E-state index >= 15 is 0 Å². The molecule has 0 atom stereocenters. The maximum Gasteiger partial charge on any atom is 0.173 e. The van der Waals surface area contributed by atoms with Gasteiger partial charge in [-0.15, -0.1) is 0 Å². The summed E-state index contributed by atoms with van der Waals surface area (Å²) < 4.78 is 5.79. The molecule has 0 unspecified atom stereocenters. The summed E-state index contributed by atoms with van der Waals surface area (Å²) >= 11 is 5.82. The van der Waals surface area contributed by atoms with Crippen LogP contribution in [0.4, 0.5) is 0 Å². The lowest BCUT2D eigenvalue weighted by Crippen LogP contribution is -2.14. The van der Waals surface area contributed by atoms with Gasteiger partial charge in [0.2, 0.25) is 0 Å². The Bertz CT molecular complexity index is 609. The Morgan fingerprint density at radius 1 is 1.21 bits per heavy atom. The minimum atomic E-state index is 0.00710. The van der Waals surface area contributed by atoms with Crippen LogP contribution in [0.15, 0.2) is 47.6 Å². The average molecular weight is 277 g/mol. The first-order valence-electron chi connectivity index (χ1n) is 5.62. The van der Waals surface area contributed by atoms with E-state index in [1.165, 1.54) is 0 Å². The standard InChI is InChI=1S/C14H13ClN2O2/c1-9-3-2-4-12(14(16)17-18)13(9)19-11-7-5-10(15)6-8-11/h2-8,18H,1H3,(H2,16,17). The van der Waals surface area contributed by atoms with Crippen LogP contribution in [0.5, 0.6) is 11.5 Å². The molecule has 0 aromatic heterocycles. The van der Waals surface area contributed by atoms with E-state index in [2.05, 4.69) is 5.16 Å². The van der Waals surface area contributed by atoms with Crippen molar-refractivity contribution in [2.45, 2.75) is 6.92 Å². The quantitative estimate of drug-likeness (QED) is 0.390. The zero-order valence-corrected chi connectivity index (χ0v) is 11.1. The van der Waals surface area contributed by atoms with Crippen molar-refractivity contribution in [2.75, 3.05) is 0 Å². The summed E-state index contributed by atoms with van der Waals surface area (Å²) in [6, 6.07) is 12.4. The van der Waals surface area contributed by atoms with Gasteiger partial charge >= 0.3 is 0 Å². The highest BCUT2D eigenvalue weighted by atomic mass is 35.5. The average Bonchev–Trinajstić information content (AvgIpc) is 2.42. The second-order valence-corrected chi connectivity index (χ2v) is 4.43. The van der Waals surface area contributed by atoms with Crippen molar-refractivity contribution in [1.29, 1.82) is 0 Å². The highest BCUT2D eigenvalue weighted by Crippen LogP contribution is 2.29.